The summed E-state index contributed by atoms with van der Waals surface area (Å²) in [5.41, 5.74) is 4.13. The van der Waals surface area contributed by atoms with E-state index in [0.29, 0.717) is 24.5 Å². The third kappa shape index (κ3) is 3.13. The number of ether oxygens (including phenoxy) is 2. The van der Waals surface area contributed by atoms with E-state index in [1.807, 2.05) is 55.6 Å². The fourth-order valence-corrected chi connectivity index (χ4v) is 2.99. The van der Waals surface area contributed by atoms with E-state index in [2.05, 4.69) is 0 Å². The Morgan fingerprint density at radius 3 is 2.38 bits per heavy atom. The van der Waals surface area contributed by atoms with Gasteiger partial charge in [0.25, 0.3) is 0 Å². The highest BCUT2D eigenvalue weighted by atomic mass is 16.5. The maximum atomic E-state index is 12.7. The number of fused-ring (bicyclic) bond motifs is 1. The summed E-state index contributed by atoms with van der Waals surface area (Å²) < 4.78 is 10.8. The minimum Gasteiger partial charge on any atom is -0.493 e. The van der Waals surface area contributed by atoms with Gasteiger partial charge in [-0.15, -0.1) is 0 Å². The van der Waals surface area contributed by atoms with Crippen molar-refractivity contribution in [2.24, 2.45) is 0 Å². The fourth-order valence-electron chi connectivity index (χ4n) is 2.99. The highest BCUT2D eigenvalue weighted by Gasteiger charge is 2.22. The van der Waals surface area contributed by atoms with Gasteiger partial charge in [-0.05, 0) is 41.3 Å². The van der Waals surface area contributed by atoms with E-state index in [-0.39, 0.29) is 5.91 Å². The summed E-state index contributed by atoms with van der Waals surface area (Å²) in [6.45, 7) is 2.58. The fraction of sp³-hybridized carbons (Fsp3) is 0.250. The molecule has 0 bridgehead atoms. The van der Waals surface area contributed by atoms with Crippen molar-refractivity contribution in [1.82, 2.24) is 4.90 Å². The molecule has 1 aliphatic heterocycles. The molecule has 2 aromatic rings. The number of carbonyl (C=O) groups excluding carboxylic acids is 1. The van der Waals surface area contributed by atoms with E-state index in [9.17, 15) is 4.79 Å². The number of allylic oxidation sites excluding steroid dienone is 1. The molecule has 0 saturated heterocycles. The summed E-state index contributed by atoms with van der Waals surface area (Å²) in [7, 11) is 3.22. The van der Waals surface area contributed by atoms with Crippen molar-refractivity contribution in [2.75, 3.05) is 14.2 Å². The quantitative estimate of drug-likeness (QED) is 0.862. The van der Waals surface area contributed by atoms with Gasteiger partial charge in [-0.25, -0.2) is 0 Å². The summed E-state index contributed by atoms with van der Waals surface area (Å²) in [6, 6.07) is 13.8. The van der Waals surface area contributed by atoms with Crippen LogP contribution >= 0.6 is 0 Å². The van der Waals surface area contributed by atoms with E-state index in [0.717, 1.165) is 22.3 Å². The first-order chi connectivity index (χ1) is 11.6. The van der Waals surface area contributed by atoms with Crippen LogP contribution in [0.3, 0.4) is 0 Å². The van der Waals surface area contributed by atoms with Crippen LogP contribution in [0.25, 0.3) is 5.57 Å². The molecule has 1 amide bonds. The minimum absolute atomic E-state index is 0.0733. The number of benzene rings is 2. The van der Waals surface area contributed by atoms with Crippen molar-refractivity contribution in [1.29, 1.82) is 0 Å². The summed E-state index contributed by atoms with van der Waals surface area (Å²) in [5.74, 6) is 1.39. The maximum Gasteiger partial charge on any atom is 0.231 e. The Labute approximate surface area is 142 Å². The topological polar surface area (TPSA) is 38.8 Å². The molecular formula is C20H21NO3. The lowest BCUT2D eigenvalue weighted by atomic mass is 9.99. The number of methoxy groups -OCH3 is 2. The molecule has 0 radical (unpaired) electrons. The van der Waals surface area contributed by atoms with E-state index >= 15 is 0 Å². The zero-order chi connectivity index (χ0) is 17.1. The van der Waals surface area contributed by atoms with Crippen LogP contribution in [0.15, 0.2) is 48.7 Å². The lowest BCUT2D eigenvalue weighted by Gasteiger charge is -2.17. The number of amides is 1. The average Bonchev–Trinajstić information content (AvgIpc) is 2.71. The first-order valence-corrected chi connectivity index (χ1v) is 7.89. The molecule has 3 rings (SSSR count). The van der Waals surface area contributed by atoms with Crippen LogP contribution in [-0.2, 0) is 17.8 Å². The minimum atomic E-state index is 0.0733. The van der Waals surface area contributed by atoms with Gasteiger partial charge >= 0.3 is 0 Å². The molecule has 0 aliphatic carbocycles. The third-order valence-electron chi connectivity index (χ3n) is 4.24. The van der Waals surface area contributed by atoms with Gasteiger partial charge in [0.05, 0.1) is 27.2 Å². The van der Waals surface area contributed by atoms with Crippen molar-refractivity contribution in [2.45, 2.75) is 19.9 Å². The zero-order valence-electron chi connectivity index (χ0n) is 14.2. The Kier molecular flexibility index (Phi) is 4.56. The molecule has 0 saturated carbocycles. The molecule has 124 valence electrons. The molecule has 24 heavy (non-hydrogen) atoms. The number of carbonyl (C=O) groups is 1. The second-order valence-electron chi connectivity index (χ2n) is 5.86. The van der Waals surface area contributed by atoms with Crippen LogP contribution in [0.4, 0.5) is 0 Å². The van der Waals surface area contributed by atoms with Crippen LogP contribution in [-0.4, -0.2) is 25.0 Å². The predicted octanol–water partition coefficient (Wildman–Crippen LogP) is 3.65. The SMILES string of the molecule is COc1cc2c(cc1OC)C(C)=CN(Cc1ccccc1)C(=O)C2. The van der Waals surface area contributed by atoms with Gasteiger partial charge in [-0.3, -0.25) is 4.79 Å². The van der Waals surface area contributed by atoms with Crippen molar-refractivity contribution < 1.29 is 14.3 Å². The Hall–Kier alpha value is -2.75. The van der Waals surface area contributed by atoms with Gasteiger partial charge in [-0.2, -0.15) is 0 Å². The van der Waals surface area contributed by atoms with Crippen LogP contribution < -0.4 is 9.47 Å². The van der Waals surface area contributed by atoms with E-state index in [1.165, 1.54) is 0 Å². The second kappa shape index (κ2) is 6.79. The van der Waals surface area contributed by atoms with Crippen molar-refractivity contribution >= 4 is 11.5 Å². The van der Waals surface area contributed by atoms with E-state index < -0.39 is 0 Å². The van der Waals surface area contributed by atoms with Crippen molar-refractivity contribution in [3.8, 4) is 11.5 Å². The highest BCUT2D eigenvalue weighted by molar-refractivity contribution is 5.86. The monoisotopic (exact) mass is 323 g/mol. The van der Waals surface area contributed by atoms with Crippen LogP contribution in [0.1, 0.15) is 23.6 Å². The molecule has 0 spiro atoms. The zero-order valence-corrected chi connectivity index (χ0v) is 14.2. The predicted molar refractivity (Wildman–Crippen MR) is 93.9 cm³/mol. The number of nitrogens with zero attached hydrogens (tertiary/aromatic N) is 1. The molecule has 4 nitrogen and oxygen atoms in total. The third-order valence-corrected chi connectivity index (χ3v) is 4.24. The number of hydrogen-bond acceptors (Lipinski definition) is 3. The van der Waals surface area contributed by atoms with Crippen molar-refractivity contribution in [3.63, 3.8) is 0 Å². The molecule has 0 N–H and O–H groups in total. The van der Waals surface area contributed by atoms with Crippen molar-refractivity contribution in [3.05, 3.63) is 65.4 Å². The lowest BCUT2D eigenvalue weighted by Crippen LogP contribution is -2.26. The summed E-state index contributed by atoms with van der Waals surface area (Å²) >= 11 is 0. The molecule has 0 unspecified atom stereocenters. The molecule has 4 heteroatoms. The number of rotatable bonds is 4. The van der Waals surface area contributed by atoms with E-state index in [1.54, 1.807) is 19.1 Å². The molecule has 1 aliphatic rings. The molecule has 0 aromatic heterocycles. The molecular weight excluding hydrogens is 302 g/mol. The smallest absolute Gasteiger partial charge is 0.231 e. The Morgan fingerprint density at radius 2 is 1.71 bits per heavy atom. The Morgan fingerprint density at radius 1 is 1.04 bits per heavy atom. The Balaban J connectivity index is 1.97. The largest absolute Gasteiger partial charge is 0.493 e. The van der Waals surface area contributed by atoms with Crippen LogP contribution in [0, 0.1) is 0 Å². The van der Waals surface area contributed by atoms with Crippen LogP contribution in [0.5, 0.6) is 11.5 Å². The first-order valence-electron chi connectivity index (χ1n) is 7.89. The summed E-state index contributed by atoms with van der Waals surface area (Å²) in [5, 5.41) is 0. The summed E-state index contributed by atoms with van der Waals surface area (Å²) in [4.78, 5) is 14.5. The molecule has 1 heterocycles. The van der Waals surface area contributed by atoms with Gasteiger partial charge in [0.2, 0.25) is 5.91 Å². The molecule has 2 aromatic carbocycles. The average molecular weight is 323 g/mol. The van der Waals surface area contributed by atoms with E-state index in [4.69, 9.17) is 9.47 Å². The number of hydrogen-bond donors (Lipinski definition) is 0. The van der Waals surface area contributed by atoms with Gasteiger partial charge in [0.15, 0.2) is 11.5 Å². The van der Waals surface area contributed by atoms with Gasteiger partial charge < -0.3 is 14.4 Å². The normalized spacial score (nSPS) is 13.9. The lowest BCUT2D eigenvalue weighted by molar-refractivity contribution is -0.128. The highest BCUT2D eigenvalue weighted by Crippen LogP contribution is 2.35. The second-order valence-corrected chi connectivity index (χ2v) is 5.86. The van der Waals surface area contributed by atoms with Gasteiger partial charge in [0.1, 0.15) is 0 Å². The summed E-state index contributed by atoms with van der Waals surface area (Å²) in [6.07, 6.45) is 2.27. The van der Waals surface area contributed by atoms with Gasteiger partial charge in [0, 0.05) is 6.20 Å². The molecule has 0 fully saturated rings. The first kappa shape index (κ1) is 16.1. The maximum absolute atomic E-state index is 12.7. The molecule has 0 atom stereocenters. The van der Waals surface area contributed by atoms with Gasteiger partial charge in [-0.1, -0.05) is 30.3 Å². The Bertz CT molecular complexity index is 781. The van der Waals surface area contributed by atoms with Crippen LogP contribution in [0.2, 0.25) is 0 Å². The standard InChI is InChI=1S/C20H21NO3/c1-14-12-21(13-15-7-5-4-6-8-15)20(22)10-16-9-18(23-2)19(24-3)11-17(14)16/h4-9,11-12H,10,13H2,1-3H3.